The van der Waals surface area contributed by atoms with E-state index >= 15 is 0 Å². The SMILES string of the molecule is CN(C(=O)c1cnn(-c2ccc(F)cc2)c1)c1ccc(NC(=O)Nc2ccccc2)cc1. The molecule has 0 saturated carbocycles. The van der Waals surface area contributed by atoms with Crippen molar-refractivity contribution in [1.29, 1.82) is 0 Å². The fourth-order valence-corrected chi connectivity index (χ4v) is 3.06. The van der Waals surface area contributed by atoms with Crippen molar-refractivity contribution in [3.05, 3.63) is 103 Å². The van der Waals surface area contributed by atoms with Gasteiger partial charge >= 0.3 is 6.03 Å². The summed E-state index contributed by atoms with van der Waals surface area (Å²) in [7, 11) is 1.65. The van der Waals surface area contributed by atoms with Crippen molar-refractivity contribution in [3.8, 4) is 5.69 Å². The fraction of sp³-hybridized carbons (Fsp3) is 0.0417. The normalized spacial score (nSPS) is 10.4. The fourth-order valence-electron chi connectivity index (χ4n) is 3.06. The number of carbonyl (C=O) groups excluding carboxylic acids is 2. The summed E-state index contributed by atoms with van der Waals surface area (Å²) in [5.41, 5.74) is 2.97. The lowest BCUT2D eigenvalue weighted by atomic mass is 10.2. The quantitative estimate of drug-likeness (QED) is 0.472. The van der Waals surface area contributed by atoms with E-state index in [0.717, 1.165) is 0 Å². The molecule has 4 rings (SSSR count). The number of nitrogens with one attached hydrogen (secondary N) is 2. The van der Waals surface area contributed by atoms with Gasteiger partial charge in [-0.15, -0.1) is 0 Å². The first kappa shape index (κ1) is 20.8. The van der Waals surface area contributed by atoms with Gasteiger partial charge in [0.25, 0.3) is 5.91 Å². The Kier molecular flexibility index (Phi) is 5.94. The second-order valence-electron chi connectivity index (χ2n) is 7.01. The molecule has 4 aromatic rings. The lowest BCUT2D eigenvalue weighted by Crippen LogP contribution is -2.26. The van der Waals surface area contributed by atoms with Gasteiger partial charge in [-0.3, -0.25) is 4.79 Å². The van der Waals surface area contributed by atoms with Crippen LogP contribution in [0.3, 0.4) is 0 Å². The minimum atomic E-state index is -0.360. The van der Waals surface area contributed by atoms with Crippen LogP contribution in [0.25, 0.3) is 5.69 Å². The number of hydrogen-bond donors (Lipinski definition) is 2. The maximum absolute atomic E-state index is 13.1. The summed E-state index contributed by atoms with van der Waals surface area (Å²) in [6.45, 7) is 0. The average Bonchev–Trinajstić information content (AvgIpc) is 3.30. The van der Waals surface area contributed by atoms with E-state index in [2.05, 4.69) is 15.7 Å². The van der Waals surface area contributed by atoms with E-state index in [1.165, 1.54) is 27.9 Å². The molecule has 0 bridgehead atoms. The highest BCUT2D eigenvalue weighted by Gasteiger charge is 2.16. The first-order valence-electron chi connectivity index (χ1n) is 9.81. The molecule has 0 spiro atoms. The Labute approximate surface area is 184 Å². The van der Waals surface area contributed by atoms with E-state index in [0.29, 0.717) is 28.3 Å². The number of aromatic nitrogens is 2. The minimum Gasteiger partial charge on any atom is -0.311 e. The van der Waals surface area contributed by atoms with Crippen molar-refractivity contribution >= 4 is 29.0 Å². The van der Waals surface area contributed by atoms with Gasteiger partial charge in [0.1, 0.15) is 5.82 Å². The zero-order valence-corrected chi connectivity index (χ0v) is 17.2. The lowest BCUT2D eigenvalue weighted by Gasteiger charge is -2.17. The van der Waals surface area contributed by atoms with E-state index < -0.39 is 0 Å². The number of carbonyl (C=O) groups is 2. The molecule has 1 aromatic heterocycles. The van der Waals surface area contributed by atoms with Crippen molar-refractivity contribution in [1.82, 2.24) is 9.78 Å². The van der Waals surface area contributed by atoms with Gasteiger partial charge in [-0.05, 0) is 60.7 Å². The van der Waals surface area contributed by atoms with E-state index in [9.17, 15) is 14.0 Å². The van der Waals surface area contributed by atoms with Crippen LogP contribution >= 0.6 is 0 Å². The smallest absolute Gasteiger partial charge is 0.311 e. The highest BCUT2D eigenvalue weighted by atomic mass is 19.1. The van der Waals surface area contributed by atoms with Gasteiger partial charge in [0.2, 0.25) is 0 Å². The number of urea groups is 1. The molecule has 0 aliphatic carbocycles. The first-order chi connectivity index (χ1) is 15.5. The molecule has 3 amide bonds. The maximum Gasteiger partial charge on any atom is 0.323 e. The third-order valence-corrected chi connectivity index (χ3v) is 4.77. The van der Waals surface area contributed by atoms with Crippen LogP contribution in [-0.4, -0.2) is 28.8 Å². The Balaban J connectivity index is 1.40. The Hall–Kier alpha value is -4.46. The maximum atomic E-state index is 13.1. The Morgan fingerprint density at radius 2 is 1.50 bits per heavy atom. The molecule has 0 fully saturated rings. The summed E-state index contributed by atoms with van der Waals surface area (Å²) < 4.78 is 14.6. The van der Waals surface area contributed by atoms with Crippen LogP contribution in [0.15, 0.2) is 91.3 Å². The Morgan fingerprint density at radius 3 is 2.16 bits per heavy atom. The zero-order chi connectivity index (χ0) is 22.5. The summed E-state index contributed by atoms with van der Waals surface area (Å²) in [6, 6.07) is 21.5. The lowest BCUT2D eigenvalue weighted by molar-refractivity contribution is 0.0993. The molecule has 0 atom stereocenters. The Bertz CT molecular complexity index is 1220. The summed E-state index contributed by atoms with van der Waals surface area (Å²) in [5, 5.41) is 9.68. The number of hydrogen-bond acceptors (Lipinski definition) is 3. The van der Waals surface area contributed by atoms with Crippen molar-refractivity contribution in [2.45, 2.75) is 0 Å². The second kappa shape index (κ2) is 9.13. The van der Waals surface area contributed by atoms with Gasteiger partial charge in [0, 0.05) is 30.3 Å². The number of benzene rings is 3. The topological polar surface area (TPSA) is 79.3 Å². The van der Waals surface area contributed by atoms with E-state index in [1.54, 1.807) is 61.8 Å². The molecule has 3 aromatic carbocycles. The summed E-state index contributed by atoms with van der Waals surface area (Å²) in [6.07, 6.45) is 3.06. The van der Waals surface area contributed by atoms with Gasteiger partial charge < -0.3 is 15.5 Å². The van der Waals surface area contributed by atoms with Crippen LogP contribution in [0.1, 0.15) is 10.4 Å². The third kappa shape index (κ3) is 4.81. The number of amides is 3. The molecule has 2 N–H and O–H groups in total. The van der Waals surface area contributed by atoms with Crippen molar-refractivity contribution in [2.75, 3.05) is 22.6 Å². The monoisotopic (exact) mass is 429 g/mol. The van der Waals surface area contributed by atoms with Crippen LogP contribution in [0.4, 0.5) is 26.2 Å². The van der Waals surface area contributed by atoms with Crippen molar-refractivity contribution in [2.24, 2.45) is 0 Å². The predicted molar refractivity (Wildman–Crippen MR) is 122 cm³/mol. The molecule has 160 valence electrons. The molecule has 0 aliphatic rings. The average molecular weight is 429 g/mol. The van der Waals surface area contributed by atoms with Gasteiger partial charge in [-0.2, -0.15) is 5.10 Å². The molecule has 0 radical (unpaired) electrons. The van der Waals surface area contributed by atoms with Crippen LogP contribution in [0.5, 0.6) is 0 Å². The van der Waals surface area contributed by atoms with Crippen LogP contribution in [0.2, 0.25) is 0 Å². The van der Waals surface area contributed by atoms with Crippen LogP contribution in [0, 0.1) is 5.82 Å². The standard InChI is InChI=1S/C24H20FN5O2/c1-29(23(31)17-15-26-30(16-17)22-11-7-18(25)8-12-22)21-13-9-20(10-14-21)28-24(32)27-19-5-3-2-4-6-19/h2-16H,1H3,(H2,27,28,32). The highest BCUT2D eigenvalue weighted by Crippen LogP contribution is 2.20. The predicted octanol–water partition coefficient (Wildman–Crippen LogP) is 4.93. The number of para-hydroxylation sites is 1. The molecule has 32 heavy (non-hydrogen) atoms. The highest BCUT2D eigenvalue weighted by molar-refractivity contribution is 6.05. The zero-order valence-electron chi connectivity index (χ0n) is 17.2. The third-order valence-electron chi connectivity index (χ3n) is 4.77. The summed E-state index contributed by atoms with van der Waals surface area (Å²) in [5.74, 6) is -0.590. The van der Waals surface area contributed by atoms with Crippen molar-refractivity contribution in [3.63, 3.8) is 0 Å². The van der Waals surface area contributed by atoms with Crippen molar-refractivity contribution < 1.29 is 14.0 Å². The summed E-state index contributed by atoms with van der Waals surface area (Å²) in [4.78, 5) is 26.4. The van der Waals surface area contributed by atoms with Crippen LogP contribution in [-0.2, 0) is 0 Å². The van der Waals surface area contributed by atoms with E-state index in [4.69, 9.17) is 0 Å². The number of anilines is 3. The molecule has 0 aliphatic heterocycles. The molecule has 0 saturated heterocycles. The molecule has 0 unspecified atom stereocenters. The second-order valence-corrected chi connectivity index (χ2v) is 7.01. The number of rotatable bonds is 5. The minimum absolute atomic E-state index is 0.249. The Morgan fingerprint density at radius 1 is 0.875 bits per heavy atom. The van der Waals surface area contributed by atoms with Crippen LogP contribution < -0.4 is 15.5 Å². The molecular formula is C24H20FN5O2. The molecule has 7 nitrogen and oxygen atoms in total. The van der Waals surface area contributed by atoms with Gasteiger partial charge in [0.05, 0.1) is 17.4 Å². The molecular weight excluding hydrogens is 409 g/mol. The van der Waals surface area contributed by atoms with E-state index in [1.807, 2.05) is 18.2 Å². The molecule has 8 heteroatoms. The van der Waals surface area contributed by atoms with Gasteiger partial charge in [0.15, 0.2) is 0 Å². The van der Waals surface area contributed by atoms with E-state index in [-0.39, 0.29) is 17.8 Å². The number of halogens is 1. The van der Waals surface area contributed by atoms with Gasteiger partial charge in [-0.25, -0.2) is 13.9 Å². The summed E-state index contributed by atoms with van der Waals surface area (Å²) >= 11 is 0. The first-order valence-corrected chi connectivity index (χ1v) is 9.81. The van der Waals surface area contributed by atoms with Gasteiger partial charge in [-0.1, -0.05) is 18.2 Å². The molecule has 1 heterocycles. The number of nitrogens with zero attached hydrogens (tertiary/aromatic N) is 3. The largest absolute Gasteiger partial charge is 0.323 e.